The van der Waals surface area contributed by atoms with Gasteiger partial charge in [0.1, 0.15) is 15.7 Å². The van der Waals surface area contributed by atoms with Crippen molar-refractivity contribution in [1.82, 2.24) is 15.6 Å². The highest BCUT2D eigenvalue weighted by atomic mass is 127. The van der Waals surface area contributed by atoms with Crippen LogP contribution in [0.15, 0.2) is 29.4 Å². The van der Waals surface area contributed by atoms with Crippen LogP contribution in [0.3, 0.4) is 0 Å². The molecule has 1 aromatic heterocycles. The maximum absolute atomic E-state index is 13.5. The molecule has 0 radical (unpaired) electrons. The molecule has 0 fully saturated rings. The first-order valence-corrected chi connectivity index (χ1v) is 11.0. The fourth-order valence-corrected chi connectivity index (χ4v) is 3.69. The summed E-state index contributed by atoms with van der Waals surface area (Å²) >= 11 is 0. The van der Waals surface area contributed by atoms with Crippen LogP contribution < -0.4 is 10.6 Å². The Labute approximate surface area is 183 Å². The van der Waals surface area contributed by atoms with E-state index >= 15 is 0 Å². The van der Waals surface area contributed by atoms with E-state index in [4.69, 9.17) is 0 Å². The second-order valence-corrected chi connectivity index (χ2v) is 9.91. The molecule has 6 nitrogen and oxygen atoms in total. The molecule has 2 aromatic rings. The Morgan fingerprint density at radius 3 is 2.64 bits per heavy atom. The number of benzene rings is 1. The van der Waals surface area contributed by atoms with E-state index in [-0.39, 0.29) is 41.0 Å². The molecule has 0 unspecified atom stereocenters. The normalized spacial score (nSPS) is 12.7. The van der Waals surface area contributed by atoms with Gasteiger partial charge in [0, 0.05) is 43.5 Å². The molecule has 0 saturated heterocycles. The van der Waals surface area contributed by atoms with Crippen LogP contribution in [0.1, 0.15) is 25.8 Å². The maximum Gasteiger partial charge on any atom is 0.191 e. The molecular formula is C19H30FIN4O2S. The van der Waals surface area contributed by atoms with Gasteiger partial charge in [-0.05, 0) is 42.0 Å². The third-order valence-electron chi connectivity index (χ3n) is 4.52. The van der Waals surface area contributed by atoms with Crippen LogP contribution in [-0.2, 0) is 16.3 Å². The highest BCUT2D eigenvalue weighted by Gasteiger charge is 2.20. The Bertz CT molecular complexity index is 910. The largest absolute Gasteiger partial charge is 0.361 e. The minimum Gasteiger partial charge on any atom is -0.361 e. The number of hydrogen-bond acceptors (Lipinski definition) is 3. The van der Waals surface area contributed by atoms with Gasteiger partial charge in [-0.3, -0.25) is 4.99 Å². The zero-order valence-electron chi connectivity index (χ0n) is 16.8. The van der Waals surface area contributed by atoms with Gasteiger partial charge in [0.2, 0.25) is 0 Å². The molecule has 1 aromatic carbocycles. The monoisotopic (exact) mass is 524 g/mol. The van der Waals surface area contributed by atoms with Gasteiger partial charge in [0.15, 0.2) is 5.96 Å². The van der Waals surface area contributed by atoms with Gasteiger partial charge in [-0.25, -0.2) is 12.8 Å². The van der Waals surface area contributed by atoms with Crippen molar-refractivity contribution in [3.05, 3.63) is 35.8 Å². The van der Waals surface area contributed by atoms with Crippen molar-refractivity contribution in [2.75, 3.05) is 32.1 Å². The summed E-state index contributed by atoms with van der Waals surface area (Å²) < 4.78 is 36.2. The topological polar surface area (TPSA) is 86.3 Å². The number of H-pyrrole nitrogens is 1. The molecule has 0 spiro atoms. The lowest BCUT2D eigenvalue weighted by Crippen LogP contribution is -2.43. The molecule has 0 atom stereocenters. The van der Waals surface area contributed by atoms with Crippen LogP contribution in [0.5, 0.6) is 0 Å². The van der Waals surface area contributed by atoms with Gasteiger partial charge in [0.25, 0.3) is 0 Å². The van der Waals surface area contributed by atoms with Crippen LogP contribution in [0.2, 0.25) is 0 Å². The first-order chi connectivity index (χ1) is 12.6. The molecule has 0 bridgehead atoms. The van der Waals surface area contributed by atoms with Crippen molar-refractivity contribution in [3.63, 3.8) is 0 Å². The Morgan fingerprint density at radius 1 is 1.29 bits per heavy atom. The van der Waals surface area contributed by atoms with Crippen LogP contribution in [-0.4, -0.2) is 51.5 Å². The van der Waals surface area contributed by atoms with E-state index in [1.54, 1.807) is 19.2 Å². The molecule has 2 rings (SSSR count). The lowest BCUT2D eigenvalue weighted by Gasteiger charge is -2.25. The minimum absolute atomic E-state index is 0. The summed E-state index contributed by atoms with van der Waals surface area (Å²) in [6.07, 6.45) is 4.46. The Kier molecular flexibility index (Phi) is 9.19. The molecule has 0 aliphatic rings. The Hall–Kier alpha value is -1.36. The van der Waals surface area contributed by atoms with E-state index in [0.29, 0.717) is 25.5 Å². The lowest BCUT2D eigenvalue weighted by atomic mass is 9.90. The van der Waals surface area contributed by atoms with Crippen molar-refractivity contribution in [3.8, 4) is 0 Å². The summed E-state index contributed by atoms with van der Waals surface area (Å²) in [7, 11) is -1.27. The number of hydrogen-bond donors (Lipinski definition) is 3. The number of aromatic amines is 1. The van der Waals surface area contributed by atoms with Crippen molar-refractivity contribution >= 4 is 50.7 Å². The number of aromatic nitrogens is 1. The van der Waals surface area contributed by atoms with E-state index in [9.17, 15) is 12.8 Å². The molecule has 9 heteroatoms. The average molecular weight is 524 g/mol. The highest BCUT2D eigenvalue weighted by Crippen LogP contribution is 2.20. The summed E-state index contributed by atoms with van der Waals surface area (Å²) in [6.45, 7) is 5.31. The number of nitrogens with zero attached hydrogens (tertiary/aromatic N) is 1. The van der Waals surface area contributed by atoms with E-state index in [1.807, 2.05) is 20.0 Å². The van der Waals surface area contributed by atoms with Gasteiger partial charge < -0.3 is 15.6 Å². The molecule has 0 aliphatic carbocycles. The maximum atomic E-state index is 13.5. The third kappa shape index (κ3) is 7.94. The van der Waals surface area contributed by atoms with Crippen LogP contribution in [0.25, 0.3) is 10.9 Å². The van der Waals surface area contributed by atoms with Crippen LogP contribution in [0.4, 0.5) is 4.39 Å². The van der Waals surface area contributed by atoms with E-state index in [0.717, 1.165) is 22.9 Å². The van der Waals surface area contributed by atoms with Crippen LogP contribution >= 0.6 is 24.0 Å². The van der Waals surface area contributed by atoms with Crippen molar-refractivity contribution in [2.24, 2.45) is 10.4 Å². The van der Waals surface area contributed by atoms with Gasteiger partial charge in [-0.1, -0.05) is 13.8 Å². The first kappa shape index (κ1) is 24.7. The Balaban J connectivity index is 0.00000392. The molecule has 28 heavy (non-hydrogen) atoms. The molecule has 1 heterocycles. The average Bonchev–Trinajstić information content (AvgIpc) is 2.98. The van der Waals surface area contributed by atoms with Gasteiger partial charge >= 0.3 is 0 Å². The predicted octanol–water partition coefficient (Wildman–Crippen LogP) is 3.09. The SMILES string of the molecule is CN=C(NCCc1c[nH]c2ccc(F)cc12)NCC(C)(C)CCS(C)(=O)=O.I. The number of sulfone groups is 1. The van der Waals surface area contributed by atoms with Crippen molar-refractivity contribution in [2.45, 2.75) is 26.7 Å². The molecular weight excluding hydrogens is 494 g/mol. The lowest BCUT2D eigenvalue weighted by molar-refractivity contribution is 0.348. The van der Waals surface area contributed by atoms with Gasteiger partial charge in [-0.2, -0.15) is 0 Å². The quantitative estimate of drug-likeness (QED) is 0.282. The number of nitrogens with one attached hydrogen (secondary N) is 3. The second-order valence-electron chi connectivity index (χ2n) is 7.65. The summed E-state index contributed by atoms with van der Waals surface area (Å²) in [5, 5.41) is 7.38. The standard InChI is InChI=1S/C19H29FN4O2S.HI/c1-19(2,8-10-27(4,25)26)13-24-18(21-3)22-9-7-14-12-23-17-6-5-15(20)11-16(14)17;/h5-6,11-12,23H,7-10,13H2,1-4H3,(H2,21,22,24);1H. The number of fused-ring (bicyclic) bond motifs is 1. The molecule has 0 saturated carbocycles. The molecule has 3 N–H and O–H groups in total. The van der Waals surface area contributed by atoms with E-state index in [1.165, 1.54) is 12.3 Å². The molecule has 0 amide bonds. The molecule has 158 valence electrons. The van der Waals surface area contributed by atoms with Gasteiger partial charge in [0.05, 0.1) is 5.75 Å². The number of aliphatic imine (C=N–C) groups is 1. The summed E-state index contributed by atoms with van der Waals surface area (Å²) in [5.41, 5.74) is 1.79. The van der Waals surface area contributed by atoms with E-state index < -0.39 is 9.84 Å². The summed E-state index contributed by atoms with van der Waals surface area (Å²) in [6, 6.07) is 4.72. The third-order valence-corrected chi connectivity index (χ3v) is 5.47. The fourth-order valence-electron chi connectivity index (χ4n) is 2.77. The number of halogens is 2. The number of rotatable bonds is 8. The van der Waals surface area contributed by atoms with Gasteiger partial charge in [-0.15, -0.1) is 24.0 Å². The fraction of sp³-hybridized carbons (Fsp3) is 0.526. The molecule has 0 aliphatic heterocycles. The summed E-state index contributed by atoms with van der Waals surface area (Å²) in [5.74, 6) is 0.587. The first-order valence-electron chi connectivity index (χ1n) is 8.97. The van der Waals surface area contributed by atoms with E-state index in [2.05, 4.69) is 20.6 Å². The summed E-state index contributed by atoms with van der Waals surface area (Å²) in [4.78, 5) is 7.35. The zero-order valence-corrected chi connectivity index (χ0v) is 19.9. The second kappa shape index (κ2) is 10.4. The zero-order chi connectivity index (χ0) is 20.1. The predicted molar refractivity (Wildman–Crippen MR) is 125 cm³/mol. The number of guanidine groups is 1. The minimum atomic E-state index is -2.97. The Morgan fingerprint density at radius 2 is 2.00 bits per heavy atom. The van der Waals surface area contributed by atoms with Crippen molar-refractivity contribution < 1.29 is 12.8 Å². The highest BCUT2D eigenvalue weighted by molar-refractivity contribution is 14.0. The van der Waals surface area contributed by atoms with Crippen LogP contribution in [0, 0.1) is 11.2 Å². The smallest absolute Gasteiger partial charge is 0.191 e. The van der Waals surface area contributed by atoms with Crippen molar-refractivity contribution in [1.29, 1.82) is 0 Å².